The average Bonchev–Trinajstić information content (AvgIpc) is 3.17. The van der Waals surface area contributed by atoms with Gasteiger partial charge in [-0.2, -0.15) is 0 Å². The van der Waals surface area contributed by atoms with E-state index in [1.54, 1.807) is 23.7 Å². The molecule has 0 amide bonds. The summed E-state index contributed by atoms with van der Waals surface area (Å²) in [7, 11) is -3.68. The predicted molar refractivity (Wildman–Crippen MR) is 134 cm³/mol. The van der Waals surface area contributed by atoms with Crippen molar-refractivity contribution in [3.8, 4) is 5.75 Å². The van der Waals surface area contributed by atoms with Crippen molar-refractivity contribution in [2.24, 2.45) is 0 Å². The molecule has 0 saturated carbocycles. The van der Waals surface area contributed by atoms with Crippen LogP contribution in [0.1, 0.15) is 62.6 Å². The van der Waals surface area contributed by atoms with E-state index in [-0.39, 0.29) is 18.5 Å². The van der Waals surface area contributed by atoms with E-state index in [1.165, 1.54) is 19.1 Å². The van der Waals surface area contributed by atoms with Gasteiger partial charge in [-0.25, -0.2) is 0 Å². The van der Waals surface area contributed by atoms with Crippen molar-refractivity contribution >= 4 is 41.8 Å². The fourth-order valence-electron chi connectivity index (χ4n) is 4.23. The zero-order valence-electron chi connectivity index (χ0n) is 19.3. The van der Waals surface area contributed by atoms with Gasteiger partial charge in [-0.15, -0.1) is 0 Å². The minimum absolute atomic E-state index is 0.118. The van der Waals surface area contributed by atoms with E-state index < -0.39 is 19.7 Å². The van der Waals surface area contributed by atoms with Crippen molar-refractivity contribution in [3.05, 3.63) is 51.9 Å². The third kappa shape index (κ3) is 5.18. The van der Waals surface area contributed by atoms with Gasteiger partial charge in [-0.05, 0) is 0 Å². The average molecular weight is 532 g/mol. The molecule has 1 aromatic carbocycles. The fraction of sp³-hybridized carbons (Fsp3) is 0.478. The van der Waals surface area contributed by atoms with Gasteiger partial charge < -0.3 is 0 Å². The summed E-state index contributed by atoms with van der Waals surface area (Å²) in [6.45, 7) is 5.81. The van der Waals surface area contributed by atoms with Gasteiger partial charge >= 0.3 is 209 Å². The fourth-order valence-corrected chi connectivity index (χ4v) is 6.36. The van der Waals surface area contributed by atoms with Crippen LogP contribution in [0.15, 0.2) is 30.6 Å². The number of pyridine rings is 1. The summed E-state index contributed by atoms with van der Waals surface area (Å²) in [4.78, 5) is 14.7. The molecular weight excluding hydrogens is 503 g/mol. The number of alkyl halides is 1. The molecule has 34 heavy (non-hydrogen) atoms. The Morgan fingerprint density at radius 1 is 1.29 bits per heavy atom. The molecule has 4 rings (SSSR count). The Labute approximate surface area is 208 Å². The number of ether oxygens (including phenoxy) is 2. The first kappa shape index (κ1) is 25.5. The first-order valence-electron chi connectivity index (χ1n) is 11.3. The van der Waals surface area contributed by atoms with E-state index in [2.05, 4.69) is 10.1 Å². The molecule has 1 aliphatic rings. The normalized spacial score (nSPS) is 19.2. The Balaban J connectivity index is 1.75. The maximum atomic E-state index is 15.7. The molecule has 3 unspecified atom stereocenters. The molecule has 7 nitrogen and oxygen atoms in total. The maximum absolute atomic E-state index is 15.7. The Morgan fingerprint density at radius 2 is 2.03 bits per heavy atom. The number of halogens is 3. The standard InChI is InChI=1S/C23H29Cl2FN3O4P/c1-4-32-34(3,30)23(26)22-16-11-15(33-14(2)21-17(24)12-27-13-18(21)25)8-9-19(16)29(28-22)20-7-5-6-10-31-20/h8-9,11-14,20,23,30,34H,4-7,10H2,1-3H3. The molecule has 186 valence electrons. The van der Waals surface area contributed by atoms with Gasteiger partial charge in [0.05, 0.1) is 0 Å². The molecule has 3 atom stereocenters. The van der Waals surface area contributed by atoms with Crippen LogP contribution in [0.25, 0.3) is 10.9 Å². The van der Waals surface area contributed by atoms with Crippen LogP contribution in [0.3, 0.4) is 0 Å². The summed E-state index contributed by atoms with van der Waals surface area (Å²) in [5, 5.41) is 5.90. The Bertz CT molecular complexity index is 1140. The second kappa shape index (κ2) is 10.6. The summed E-state index contributed by atoms with van der Waals surface area (Å²) >= 11 is 12.6. The van der Waals surface area contributed by atoms with Crippen LogP contribution < -0.4 is 4.74 Å². The third-order valence-corrected chi connectivity index (χ3v) is 8.58. The van der Waals surface area contributed by atoms with E-state index in [0.717, 1.165) is 19.3 Å². The molecule has 0 bridgehead atoms. The van der Waals surface area contributed by atoms with Gasteiger partial charge in [0.15, 0.2) is 0 Å². The van der Waals surface area contributed by atoms with Crippen molar-refractivity contribution in [1.82, 2.24) is 14.8 Å². The van der Waals surface area contributed by atoms with Crippen molar-refractivity contribution in [2.75, 3.05) is 19.9 Å². The predicted octanol–water partition coefficient (Wildman–Crippen LogP) is 6.78. The first-order chi connectivity index (χ1) is 16.2. The quantitative estimate of drug-likeness (QED) is 0.322. The Morgan fingerprint density at radius 3 is 2.68 bits per heavy atom. The van der Waals surface area contributed by atoms with Gasteiger partial charge in [-0.1, -0.05) is 0 Å². The zero-order valence-corrected chi connectivity index (χ0v) is 21.8. The number of hydrogen-bond donors (Lipinski definition) is 1. The van der Waals surface area contributed by atoms with Crippen LogP contribution in [-0.2, 0) is 9.26 Å². The first-order valence-corrected chi connectivity index (χ1v) is 14.5. The molecule has 3 aromatic rings. The summed E-state index contributed by atoms with van der Waals surface area (Å²) < 4.78 is 34.8. The number of nitrogens with zero attached hydrogens (tertiary/aromatic N) is 3. The molecule has 2 aromatic heterocycles. The topological polar surface area (TPSA) is 78.6 Å². The van der Waals surface area contributed by atoms with E-state index in [4.69, 9.17) is 37.2 Å². The van der Waals surface area contributed by atoms with Crippen LogP contribution in [0.4, 0.5) is 4.39 Å². The molecule has 3 heterocycles. The zero-order chi connectivity index (χ0) is 24.5. The van der Waals surface area contributed by atoms with Gasteiger partial charge in [0.25, 0.3) is 0 Å². The minimum atomic E-state index is -3.68. The van der Waals surface area contributed by atoms with E-state index in [0.29, 0.717) is 38.9 Å². The van der Waals surface area contributed by atoms with Crippen LogP contribution in [-0.4, -0.2) is 39.5 Å². The van der Waals surface area contributed by atoms with Gasteiger partial charge in [0.2, 0.25) is 0 Å². The second-order valence-electron chi connectivity index (χ2n) is 8.46. The molecule has 0 aliphatic carbocycles. The molecule has 1 saturated heterocycles. The second-order valence-corrected chi connectivity index (χ2v) is 12.2. The number of benzene rings is 1. The number of aromatic nitrogens is 3. The number of fused-ring (bicyclic) bond motifs is 1. The summed E-state index contributed by atoms with van der Waals surface area (Å²) in [6.07, 6.45) is 4.99. The number of hydrogen-bond acceptors (Lipinski definition) is 6. The van der Waals surface area contributed by atoms with Crippen LogP contribution >= 0.6 is 30.9 Å². The van der Waals surface area contributed by atoms with Gasteiger partial charge in [0.1, 0.15) is 0 Å². The van der Waals surface area contributed by atoms with Crippen LogP contribution in [0.2, 0.25) is 10.0 Å². The van der Waals surface area contributed by atoms with Crippen molar-refractivity contribution in [2.45, 2.75) is 51.4 Å². The summed E-state index contributed by atoms with van der Waals surface area (Å²) in [6, 6.07) is 5.34. The SMILES string of the molecule is CCO[PH](C)(O)C(F)c1nn(C2CCCCO2)c2ccc(OC(C)c3c(Cl)cncc3Cl)cc12. The van der Waals surface area contributed by atoms with Gasteiger partial charge in [0, 0.05) is 0 Å². The molecule has 11 heteroatoms. The van der Waals surface area contributed by atoms with E-state index >= 15 is 4.39 Å². The monoisotopic (exact) mass is 531 g/mol. The van der Waals surface area contributed by atoms with Crippen molar-refractivity contribution in [1.29, 1.82) is 0 Å². The molecule has 0 radical (unpaired) electrons. The van der Waals surface area contributed by atoms with E-state index in [1.807, 2.05) is 13.0 Å². The third-order valence-electron chi connectivity index (χ3n) is 5.89. The Kier molecular flexibility index (Phi) is 7.97. The van der Waals surface area contributed by atoms with Gasteiger partial charge in [-0.3, -0.25) is 0 Å². The molecule has 0 spiro atoms. The summed E-state index contributed by atoms with van der Waals surface area (Å²) in [5.74, 6) is -1.27. The van der Waals surface area contributed by atoms with E-state index in [9.17, 15) is 4.89 Å². The Hall–Kier alpha value is -1.54. The van der Waals surface area contributed by atoms with Crippen LogP contribution in [0.5, 0.6) is 5.75 Å². The number of rotatable bonds is 8. The molecular formula is C23H29Cl2FN3O4P. The molecule has 1 aliphatic heterocycles. The van der Waals surface area contributed by atoms with Crippen LogP contribution in [0, 0.1) is 0 Å². The molecule has 1 N–H and O–H groups in total. The summed E-state index contributed by atoms with van der Waals surface area (Å²) in [5.41, 5.74) is 1.43. The van der Waals surface area contributed by atoms with Crippen molar-refractivity contribution < 1.29 is 23.3 Å². The molecule has 1 fully saturated rings. The van der Waals surface area contributed by atoms with Crippen molar-refractivity contribution in [3.63, 3.8) is 0 Å².